The van der Waals surface area contributed by atoms with Crippen LogP contribution in [0.3, 0.4) is 0 Å². The molecule has 1 amide bonds. The molecule has 0 aliphatic carbocycles. The molecular weight excluding hydrogens is 150 g/mol. The second-order valence-corrected chi connectivity index (χ2v) is 1.64. The standard InChI is InChI=1S/C4H7NO2.C2H4O2/c1-3(2-6)4(5)7;1-2(3)4/h6H,1-2H2,(H2,5,7);1H3,(H,3,4). The van der Waals surface area contributed by atoms with Crippen molar-refractivity contribution in [3.63, 3.8) is 0 Å². The van der Waals surface area contributed by atoms with Crippen LogP contribution in [0.1, 0.15) is 6.92 Å². The molecule has 64 valence electrons. The fourth-order valence-electron chi connectivity index (χ4n) is 0.0779. The number of aliphatic carboxylic acids is 1. The fraction of sp³-hybridized carbons (Fsp3) is 0.333. The first-order valence-electron chi connectivity index (χ1n) is 2.69. The highest BCUT2D eigenvalue weighted by molar-refractivity contribution is 5.91. The molecule has 0 aliphatic rings. The quantitative estimate of drug-likeness (QED) is 0.457. The molecule has 11 heavy (non-hydrogen) atoms. The zero-order valence-corrected chi connectivity index (χ0v) is 6.20. The molecule has 5 heteroatoms. The lowest BCUT2D eigenvalue weighted by Crippen LogP contribution is -2.14. The summed E-state index contributed by atoms with van der Waals surface area (Å²) in [6.45, 7) is 3.88. The Morgan fingerprint density at radius 3 is 1.82 bits per heavy atom. The molecule has 0 aromatic carbocycles. The van der Waals surface area contributed by atoms with Crippen molar-refractivity contribution in [1.29, 1.82) is 0 Å². The summed E-state index contributed by atoms with van der Waals surface area (Å²) in [5.41, 5.74) is 4.69. The van der Waals surface area contributed by atoms with Gasteiger partial charge < -0.3 is 15.9 Å². The van der Waals surface area contributed by atoms with Gasteiger partial charge in [-0.15, -0.1) is 0 Å². The van der Waals surface area contributed by atoms with Crippen molar-refractivity contribution in [2.75, 3.05) is 6.61 Å². The predicted molar refractivity (Wildman–Crippen MR) is 38.7 cm³/mol. The number of carboxylic acid groups (broad SMARTS) is 1. The summed E-state index contributed by atoms with van der Waals surface area (Å²) in [6.07, 6.45) is 0. The fourth-order valence-corrected chi connectivity index (χ4v) is 0.0779. The highest BCUT2D eigenvalue weighted by Gasteiger charge is 1.94. The van der Waals surface area contributed by atoms with Gasteiger partial charge in [0.25, 0.3) is 5.97 Å². The first-order valence-corrected chi connectivity index (χ1v) is 2.69. The molecule has 0 unspecified atom stereocenters. The Kier molecular flexibility index (Phi) is 7.57. The monoisotopic (exact) mass is 161 g/mol. The first-order chi connectivity index (χ1) is 4.91. The molecule has 0 spiro atoms. The highest BCUT2D eigenvalue weighted by Crippen LogP contribution is 1.80. The Hall–Kier alpha value is -1.36. The van der Waals surface area contributed by atoms with Crippen molar-refractivity contribution in [3.8, 4) is 0 Å². The van der Waals surface area contributed by atoms with Crippen molar-refractivity contribution < 1.29 is 19.8 Å². The summed E-state index contributed by atoms with van der Waals surface area (Å²) >= 11 is 0. The van der Waals surface area contributed by atoms with Crippen molar-refractivity contribution in [1.82, 2.24) is 0 Å². The first kappa shape index (κ1) is 12.3. The van der Waals surface area contributed by atoms with E-state index in [1.54, 1.807) is 0 Å². The van der Waals surface area contributed by atoms with Crippen LogP contribution in [0.5, 0.6) is 0 Å². The topological polar surface area (TPSA) is 101 Å². The Morgan fingerprint density at radius 2 is 1.82 bits per heavy atom. The molecule has 0 radical (unpaired) electrons. The molecule has 0 rings (SSSR count). The number of aliphatic hydroxyl groups excluding tert-OH is 1. The number of amides is 1. The Labute approximate surface area is 64.1 Å². The maximum absolute atomic E-state index is 9.89. The molecule has 0 saturated heterocycles. The summed E-state index contributed by atoms with van der Waals surface area (Å²) in [7, 11) is 0. The van der Waals surface area contributed by atoms with Gasteiger partial charge in [0.2, 0.25) is 5.91 Å². The molecule has 0 heterocycles. The van der Waals surface area contributed by atoms with E-state index in [4.69, 9.17) is 15.0 Å². The van der Waals surface area contributed by atoms with Gasteiger partial charge in [-0.2, -0.15) is 0 Å². The number of nitrogens with two attached hydrogens (primary N) is 1. The number of carbonyl (C=O) groups is 2. The van der Waals surface area contributed by atoms with E-state index in [-0.39, 0.29) is 12.2 Å². The van der Waals surface area contributed by atoms with Crippen LogP contribution in [-0.4, -0.2) is 28.7 Å². The van der Waals surface area contributed by atoms with E-state index >= 15 is 0 Å². The molecule has 0 aromatic heterocycles. The van der Waals surface area contributed by atoms with Crippen molar-refractivity contribution in [2.45, 2.75) is 6.92 Å². The summed E-state index contributed by atoms with van der Waals surface area (Å²) in [5.74, 6) is -1.48. The van der Waals surface area contributed by atoms with Crippen molar-refractivity contribution in [2.24, 2.45) is 5.73 Å². The predicted octanol–water partition coefficient (Wildman–Crippen LogP) is -0.889. The zero-order chi connectivity index (χ0) is 9.44. The molecule has 0 bridgehead atoms. The van der Waals surface area contributed by atoms with E-state index in [9.17, 15) is 4.79 Å². The van der Waals surface area contributed by atoms with Crippen LogP contribution in [-0.2, 0) is 9.59 Å². The number of carbonyl (C=O) groups excluding carboxylic acids is 1. The number of carboxylic acids is 1. The highest BCUT2D eigenvalue weighted by atomic mass is 16.4. The van der Waals surface area contributed by atoms with E-state index in [0.29, 0.717) is 0 Å². The molecule has 5 nitrogen and oxygen atoms in total. The number of primary amides is 1. The summed E-state index contributed by atoms with van der Waals surface area (Å²) in [4.78, 5) is 18.9. The normalized spacial score (nSPS) is 7.45. The van der Waals surface area contributed by atoms with E-state index in [1.807, 2.05) is 0 Å². The van der Waals surface area contributed by atoms with Crippen molar-refractivity contribution in [3.05, 3.63) is 12.2 Å². The van der Waals surface area contributed by atoms with Gasteiger partial charge in [0.15, 0.2) is 0 Å². The van der Waals surface area contributed by atoms with Gasteiger partial charge in [0.1, 0.15) is 0 Å². The molecule has 0 atom stereocenters. The lowest BCUT2D eigenvalue weighted by Gasteiger charge is -1.88. The molecule has 0 saturated carbocycles. The summed E-state index contributed by atoms with van der Waals surface area (Å²) < 4.78 is 0. The van der Waals surface area contributed by atoms with Gasteiger partial charge >= 0.3 is 0 Å². The Bertz CT molecular complexity index is 160. The van der Waals surface area contributed by atoms with Crippen LogP contribution in [0.4, 0.5) is 0 Å². The van der Waals surface area contributed by atoms with Gasteiger partial charge in [-0.25, -0.2) is 0 Å². The van der Waals surface area contributed by atoms with Crippen LogP contribution in [0.2, 0.25) is 0 Å². The Balaban J connectivity index is 0. The molecule has 0 fully saturated rings. The maximum atomic E-state index is 9.89. The van der Waals surface area contributed by atoms with Gasteiger partial charge in [-0.3, -0.25) is 9.59 Å². The maximum Gasteiger partial charge on any atom is 0.300 e. The van der Waals surface area contributed by atoms with Crippen LogP contribution in [0.25, 0.3) is 0 Å². The minimum atomic E-state index is -0.833. The smallest absolute Gasteiger partial charge is 0.300 e. The van der Waals surface area contributed by atoms with Crippen LogP contribution < -0.4 is 5.73 Å². The van der Waals surface area contributed by atoms with Crippen LogP contribution in [0, 0.1) is 0 Å². The third-order valence-electron chi connectivity index (χ3n) is 0.539. The summed E-state index contributed by atoms with van der Waals surface area (Å²) in [5, 5.41) is 15.5. The second-order valence-electron chi connectivity index (χ2n) is 1.64. The minimum Gasteiger partial charge on any atom is -0.481 e. The number of rotatable bonds is 2. The molecule has 0 aliphatic heterocycles. The average molecular weight is 161 g/mol. The third kappa shape index (κ3) is 17.7. The average Bonchev–Trinajstić information content (AvgIpc) is 1.85. The Morgan fingerprint density at radius 1 is 1.55 bits per heavy atom. The van der Waals surface area contributed by atoms with Gasteiger partial charge in [-0.05, 0) is 0 Å². The minimum absolute atomic E-state index is 0.0417. The van der Waals surface area contributed by atoms with Gasteiger partial charge in [0, 0.05) is 12.5 Å². The number of hydrogen-bond donors (Lipinski definition) is 3. The summed E-state index contributed by atoms with van der Waals surface area (Å²) in [6, 6.07) is 0. The largest absolute Gasteiger partial charge is 0.481 e. The van der Waals surface area contributed by atoms with Crippen molar-refractivity contribution >= 4 is 11.9 Å². The van der Waals surface area contributed by atoms with E-state index < -0.39 is 11.9 Å². The molecule has 4 N–H and O–H groups in total. The number of hydrogen-bond acceptors (Lipinski definition) is 3. The van der Waals surface area contributed by atoms with E-state index in [2.05, 4.69) is 12.3 Å². The van der Waals surface area contributed by atoms with Crippen LogP contribution >= 0.6 is 0 Å². The van der Waals surface area contributed by atoms with E-state index in [0.717, 1.165) is 6.92 Å². The molecule has 0 aromatic rings. The lowest BCUT2D eigenvalue weighted by atomic mass is 10.3. The lowest BCUT2D eigenvalue weighted by molar-refractivity contribution is -0.134. The number of aliphatic hydroxyl groups is 1. The SMILES string of the molecule is C=C(CO)C(N)=O.CC(=O)O. The van der Waals surface area contributed by atoms with Gasteiger partial charge in [0.05, 0.1) is 6.61 Å². The zero-order valence-electron chi connectivity index (χ0n) is 6.20. The van der Waals surface area contributed by atoms with Crippen LogP contribution in [0.15, 0.2) is 12.2 Å². The second kappa shape index (κ2) is 6.76. The molecular formula is C6H11NO4. The van der Waals surface area contributed by atoms with Gasteiger partial charge in [-0.1, -0.05) is 6.58 Å². The van der Waals surface area contributed by atoms with E-state index in [1.165, 1.54) is 0 Å². The third-order valence-corrected chi connectivity index (χ3v) is 0.539.